The zero-order chi connectivity index (χ0) is 14.8. The molecule has 0 atom stereocenters. The molecular weight excluding hydrogens is 252 g/mol. The molecule has 1 aromatic rings. The van der Waals surface area contributed by atoms with Crippen molar-refractivity contribution in [1.29, 1.82) is 0 Å². The number of amides is 1. The summed E-state index contributed by atoms with van der Waals surface area (Å²) < 4.78 is 5.55. The van der Waals surface area contributed by atoms with Crippen LogP contribution in [0.1, 0.15) is 45.1 Å². The van der Waals surface area contributed by atoms with E-state index in [9.17, 15) is 4.79 Å². The monoisotopic (exact) mass is 278 g/mol. The molecular formula is C16H26N2O2. The van der Waals surface area contributed by atoms with Crippen LogP contribution in [-0.2, 0) is 11.3 Å². The molecule has 1 saturated heterocycles. The van der Waals surface area contributed by atoms with Crippen molar-refractivity contribution in [2.45, 2.75) is 53.1 Å². The highest BCUT2D eigenvalue weighted by Gasteiger charge is 2.30. The number of piperidine rings is 1. The average Bonchev–Trinajstić information content (AvgIpc) is 2.81. The number of rotatable bonds is 3. The van der Waals surface area contributed by atoms with Crippen LogP contribution >= 0.6 is 0 Å². The number of hydrogen-bond acceptors (Lipinski definition) is 3. The average molecular weight is 278 g/mol. The molecule has 1 aliphatic rings. The lowest BCUT2D eigenvalue weighted by atomic mass is 9.93. The molecule has 20 heavy (non-hydrogen) atoms. The molecule has 2 heterocycles. The first-order chi connectivity index (χ1) is 9.36. The van der Waals surface area contributed by atoms with E-state index in [0.717, 1.165) is 44.0 Å². The molecule has 4 nitrogen and oxygen atoms in total. The molecule has 4 heteroatoms. The Morgan fingerprint density at radius 1 is 1.35 bits per heavy atom. The molecule has 112 valence electrons. The van der Waals surface area contributed by atoms with Crippen molar-refractivity contribution >= 4 is 5.91 Å². The summed E-state index contributed by atoms with van der Waals surface area (Å²) in [4.78, 5) is 14.2. The summed E-state index contributed by atoms with van der Waals surface area (Å²) in [6.07, 6.45) is 2.03. The second-order valence-corrected chi connectivity index (χ2v) is 6.71. The number of hydrogen-bond donors (Lipinski definition) is 1. The number of aryl methyl sites for hydroxylation is 1. The maximum Gasteiger partial charge on any atom is 0.227 e. The normalized spacial score (nSPS) is 17.5. The van der Waals surface area contributed by atoms with Crippen LogP contribution in [0.2, 0.25) is 0 Å². The van der Waals surface area contributed by atoms with E-state index in [1.54, 1.807) is 0 Å². The van der Waals surface area contributed by atoms with E-state index >= 15 is 0 Å². The van der Waals surface area contributed by atoms with Crippen LogP contribution in [0.5, 0.6) is 0 Å². The topological polar surface area (TPSA) is 45.5 Å². The molecule has 1 aromatic heterocycles. The minimum Gasteiger partial charge on any atom is -0.465 e. The molecule has 0 bridgehead atoms. The Morgan fingerprint density at radius 2 is 2.00 bits per heavy atom. The van der Waals surface area contributed by atoms with E-state index in [1.807, 2.05) is 44.7 Å². The van der Waals surface area contributed by atoms with E-state index in [-0.39, 0.29) is 11.3 Å². The standard InChI is InChI=1S/C16H26N2O2/c1-12-5-6-14(20-12)11-17-13-7-9-18(10-8-13)15(19)16(2,3)4/h5-6,13,17H,7-11H2,1-4H3. The van der Waals surface area contributed by atoms with Crippen LogP contribution < -0.4 is 5.32 Å². The van der Waals surface area contributed by atoms with Gasteiger partial charge in [-0.3, -0.25) is 4.79 Å². The van der Waals surface area contributed by atoms with Gasteiger partial charge >= 0.3 is 0 Å². The molecule has 1 fully saturated rings. The molecule has 0 aliphatic carbocycles. The Bertz CT molecular complexity index is 451. The predicted molar refractivity (Wildman–Crippen MR) is 79.3 cm³/mol. The first kappa shape index (κ1) is 15.1. The number of likely N-dealkylation sites (tertiary alicyclic amines) is 1. The van der Waals surface area contributed by atoms with Gasteiger partial charge in [0.25, 0.3) is 0 Å². The predicted octanol–water partition coefficient (Wildman–Crippen LogP) is 2.71. The van der Waals surface area contributed by atoms with Crippen molar-refractivity contribution in [1.82, 2.24) is 10.2 Å². The fourth-order valence-electron chi connectivity index (χ4n) is 2.59. The van der Waals surface area contributed by atoms with E-state index in [1.165, 1.54) is 0 Å². The lowest BCUT2D eigenvalue weighted by Crippen LogP contribution is -2.48. The van der Waals surface area contributed by atoms with Crippen molar-refractivity contribution in [2.75, 3.05) is 13.1 Å². The van der Waals surface area contributed by atoms with E-state index in [0.29, 0.717) is 6.04 Å². The van der Waals surface area contributed by atoms with Gasteiger partial charge in [-0.15, -0.1) is 0 Å². The SMILES string of the molecule is Cc1ccc(CNC2CCN(C(=O)C(C)(C)C)CC2)o1. The highest BCUT2D eigenvalue weighted by atomic mass is 16.3. The van der Waals surface area contributed by atoms with Crippen LogP contribution in [0.3, 0.4) is 0 Å². The third kappa shape index (κ3) is 3.85. The highest BCUT2D eigenvalue weighted by molar-refractivity contribution is 5.81. The van der Waals surface area contributed by atoms with Gasteiger partial charge in [0.1, 0.15) is 11.5 Å². The smallest absolute Gasteiger partial charge is 0.227 e. The molecule has 0 aromatic carbocycles. The summed E-state index contributed by atoms with van der Waals surface area (Å²) >= 11 is 0. The van der Waals surface area contributed by atoms with E-state index < -0.39 is 0 Å². The fourth-order valence-corrected chi connectivity index (χ4v) is 2.59. The Balaban J connectivity index is 1.76. The van der Waals surface area contributed by atoms with Crippen molar-refractivity contribution in [3.8, 4) is 0 Å². The number of carbonyl (C=O) groups excluding carboxylic acids is 1. The largest absolute Gasteiger partial charge is 0.465 e. The van der Waals surface area contributed by atoms with Gasteiger partial charge in [-0.05, 0) is 31.9 Å². The summed E-state index contributed by atoms with van der Waals surface area (Å²) in [6, 6.07) is 4.48. The fraction of sp³-hybridized carbons (Fsp3) is 0.688. The molecule has 1 aliphatic heterocycles. The van der Waals surface area contributed by atoms with Crippen molar-refractivity contribution < 1.29 is 9.21 Å². The van der Waals surface area contributed by atoms with Gasteiger partial charge < -0.3 is 14.6 Å². The first-order valence-corrected chi connectivity index (χ1v) is 7.44. The Hall–Kier alpha value is -1.29. The summed E-state index contributed by atoms with van der Waals surface area (Å²) in [6.45, 7) is 10.4. The Labute approximate surface area is 121 Å². The highest BCUT2D eigenvalue weighted by Crippen LogP contribution is 2.21. The van der Waals surface area contributed by atoms with Crippen LogP contribution in [0.15, 0.2) is 16.5 Å². The summed E-state index contributed by atoms with van der Waals surface area (Å²) in [5, 5.41) is 3.52. The maximum absolute atomic E-state index is 12.2. The third-order valence-corrected chi connectivity index (χ3v) is 3.78. The minimum atomic E-state index is -0.272. The zero-order valence-electron chi connectivity index (χ0n) is 13.0. The quantitative estimate of drug-likeness (QED) is 0.924. The number of nitrogens with zero attached hydrogens (tertiary/aromatic N) is 1. The lowest BCUT2D eigenvalue weighted by molar-refractivity contribution is -0.140. The van der Waals surface area contributed by atoms with E-state index in [2.05, 4.69) is 5.32 Å². The number of furan rings is 1. The van der Waals surface area contributed by atoms with Crippen molar-refractivity contribution in [3.63, 3.8) is 0 Å². The number of carbonyl (C=O) groups is 1. The van der Waals surface area contributed by atoms with Gasteiger partial charge in [-0.1, -0.05) is 20.8 Å². The van der Waals surface area contributed by atoms with Gasteiger partial charge in [0.15, 0.2) is 0 Å². The van der Waals surface area contributed by atoms with Gasteiger partial charge in [0, 0.05) is 24.5 Å². The number of nitrogens with one attached hydrogen (secondary N) is 1. The maximum atomic E-state index is 12.2. The second-order valence-electron chi connectivity index (χ2n) is 6.71. The lowest BCUT2D eigenvalue weighted by Gasteiger charge is -2.36. The van der Waals surface area contributed by atoms with Gasteiger partial charge in [-0.25, -0.2) is 0 Å². The first-order valence-electron chi connectivity index (χ1n) is 7.44. The molecule has 0 saturated carbocycles. The van der Waals surface area contributed by atoms with Crippen LogP contribution in [0.25, 0.3) is 0 Å². The molecule has 0 radical (unpaired) electrons. The van der Waals surface area contributed by atoms with Crippen molar-refractivity contribution in [3.05, 3.63) is 23.7 Å². The van der Waals surface area contributed by atoms with Gasteiger partial charge in [0.05, 0.1) is 6.54 Å². The Kier molecular flexibility index (Phi) is 4.53. The molecule has 2 rings (SSSR count). The molecule has 0 spiro atoms. The molecule has 1 N–H and O–H groups in total. The van der Waals surface area contributed by atoms with E-state index in [4.69, 9.17) is 4.42 Å². The summed E-state index contributed by atoms with van der Waals surface area (Å²) in [7, 11) is 0. The third-order valence-electron chi connectivity index (χ3n) is 3.78. The van der Waals surface area contributed by atoms with Gasteiger partial charge in [-0.2, -0.15) is 0 Å². The second kappa shape index (κ2) is 6.00. The Morgan fingerprint density at radius 3 is 2.50 bits per heavy atom. The van der Waals surface area contributed by atoms with Gasteiger partial charge in [0.2, 0.25) is 5.91 Å². The molecule has 1 amide bonds. The van der Waals surface area contributed by atoms with Crippen LogP contribution in [0, 0.1) is 12.3 Å². The van der Waals surface area contributed by atoms with Crippen molar-refractivity contribution in [2.24, 2.45) is 5.41 Å². The molecule has 0 unspecified atom stereocenters. The van der Waals surface area contributed by atoms with Crippen LogP contribution in [0.4, 0.5) is 0 Å². The zero-order valence-corrected chi connectivity index (χ0v) is 13.0. The van der Waals surface area contributed by atoms with Crippen LogP contribution in [-0.4, -0.2) is 29.9 Å². The summed E-state index contributed by atoms with van der Waals surface area (Å²) in [5.41, 5.74) is -0.272. The minimum absolute atomic E-state index is 0.262. The summed E-state index contributed by atoms with van der Waals surface area (Å²) in [5.74, 6) is 2.20.